The molecule has 4 aromatic carbocycles. The Morgan fingerprint density at radius 2 is 1.40 bits per heavy atom. The summed E-state index contributed by atoms with van der Waals surface area (Å²) in [4.78, 5) is 30.5. The molecule has 0 N–H and O–H groups in total. The van der Waals surface area contributed by atoms with Crippen LogP contribution in [-0.2, 0) is 30.8 Å². The zero-order chi connectivity index (χ0) is 30.2. The molecule has 0 bridgehead atoms. The first-order valence-corrected chi connectivity index (χ1v) is 14.6. The van der Waals surface area contributed by atoms with Gasteiger partial charge in [0.05, 0.1) is 5.69 Å². The number of benzene rings is 4. The Kier molecular flexibility index (Phi) is 9.42. The topological polar surface area (TPSA) is 65.5 Å². The summed E-state index contributed by atoms with van der Waals surface area (Å²) in [5.41, 5.74) is 9.17. The number of ether oxygens (including phenoxy) is 2. The van der Waals surface area contributed by atoms with E-state index in [2.05, 4.69) is 32.0 Å². The first-order chi connectivity index (χ1) is 21.0. The van der Waals surface area contributed by atoms with Crippen LogP contribution in [0.3, 0.4) is 0 Å². The molecule has 0 amide bonds. The van der Waals surface area contributed by atoms with Gasteiger partial charge in [-0.2, -0.15) is 0 Å². The highest BCUT2D eigenvalue weighted by molar-refractivity contribution is 5.95. The van der Waals surface area contributed by atoms with Gasteiger partial charge in [0.1, 0.15) is 24.5 Å². The van der Waals surface area contributed by atoms with E-state index in [1.54, 1.807) is 6.07 Å². The lowest BCUT2D eigenvalue weighted by Crippen LogP contribution is -2.09. The molecule has 0 aliphatic heterocycles. The summed E-state index contributed by atoms with van der Waals surface area (Å²) in [6, 6.07) is 33.0. The molecule has 0 aliphatic carbocycles. The second-order valence-corrected chi connectivity index (χ2v) is 10.4. The van der Waals surface area contributed by atoms with Crippen molar-refractivity contribution >= 4 is 12.3 Å². The van der Waals surface area contributed by atoms with Crippen molar-refractivity contribution in [1.29, 1.82) is 0 Å². The Morgan fingerprint density at radius 1 is 0.767 bits per heavy atom. The minimum atomic E-state index is -0.481. The molecule has 0 unspecified atom stereocenters. The standard InChI is InChI=1S/C38H35NO4/c1-4-29-17-12-18-30(5-2)37(29)35-22-33(34(23-40)26(3)39-35)31-19-20-32(38(41)43-25-28-15-10-7-11-16-28)36(21-31)42-24-27-13-8-6-9-14-27/h6-23H,4-5,24-25H2,1-3H3. The number of carbonyl (C=O) groups excluding carboxylic acids is 2. The highest BCUT2D eigenvalue weighted by Crippen LogP contribution is 2.36. The van der Waals surface area contributed by atoms with Crippen molar-refractivity contribution in [3.8, 4) is 28.1 Å². The first-order valence-electron chi connectivity index (χ1n) is 14.6. The van der Waals surface area contributed by atoms with Crippen molar-refractivity contribution in [3.05, 3.63) is 142 Å². The van der Waals surface area contributed by atoms with E-state index in [0.29, 0.717) is 22.6 Å². The molecular formula is C38H35NO4. The number of hydrogen-bond acceptors (Lipinski definition) is 5. The van der Waals surface area contributed by atoms with Crippen LogP contribution in [0.25, 0.3) is 22.4 Å². The average Bonchev–Trinajstić information content (AvgIpc) is 3.06. The smallest absolute Gasteiger partial charge is 0.342 e. The third-order valence-corrected chi connectivity index (χ3v) is 7.58. The van der Waals surface area contributed by atoms with Gasteiger partial charge in [0.2, 0.25) is 0 Å². The van der Waals surface area contributed by atoms with Crippen molar-refractivity contribution in [3.63, 3.8) is 0 Å². The van der Waals surface area contributed by atoms with Crippen molar-refractivity contribution in [2.45, 2.75) is 46.8 Å². The van der Waals surface area contributed by atoms with E-state index in [1.807, 2.05) is 85.8 Å². The molecule has 0 radical (unpaired) electrons. The van der Waals surface area contributed by atoms with Gasteiger partial charge in [0.25, 0.3) is 0 Å². The van der Waals surface area contributed by atoms with Gasteiger partial charge < -0.3 is 9.47 Å². The van der Waals surface area contributed by atoms with Crippen LogP contribution < -0.4 is 4.74 Å². The van der Waals surface area contributed by atoms with Crippen LogP contribution in [0.15, 0.2) is 103 Å². The summed E-state index contributed by atoms with van der Waals surface area (Å²) >= 11 is 0. The number of nitrogens with zero attached hydrogens (tertiary/aromatic N) is 1. The van der Waals surface area contributed by atoms with Gasteiger partial charge >= 0.3 is 5.97 Å². The van der Waals surface area contributed by atoms with E-state index < -0.39 is 5.97 Å². The van der Waals surface area contributed by atoms with Gasteiger partial charge in [-0.3, -0.25) is 9.78 Å². The van der Waals surface area contributed by atoms with Crippen molar-refractivity contribution in [2.75, 3.05) is 0 Å². The predicted octanol–water partition coefficient (Wildman–Crippen LogP) is 8.60. The Labute approximate surface area is 253 Å². The molecule has 0 saturated carbocycles. The van der Waals surface area contributed by atoms with Gasteiger partial charge in [0, 0.05) is 16.8 Å². The number of pyridine rings is 1. The molecule has 0 aliphatic rings. The lowest BCUT2D eigenvalue weighted by molar-refractivity contribution is 0.0467. The lowest BCUT2D eigenvalue weighted by atomic mass is 9.91. The summed E-state index contributed by atoms with van der Waals surface area (Å²) in [7, 11) is 0. The Bertz CT molecular complexity index is 1710. The average molecular weight is 570 g/mol. The van der Waals surface area contributed by atoms with Crippen LogP contribution >= 0.6 is 0 Å². The molecule has 5 rings (SSSR count). The van der Waals surface area contributed by atoms with E-state index in [0.717, 1.165) is 52.6 Å². The number of rotatable bonds is 11. The van der Waals surface area contributed by atoms with E-state index in [-0.39, 0.29) is 13.2 Å². The molecule has 0 fully saturated rings. The number of esters is 1. The van der Waals surface area contributed by atoms with Gasteiger partial charge in [-0.15, -0.1) is 0 Å². The maximum Gasteiger partial charge on any atom is 0.342 e. The largest absolute Gasteiger partial charge is 0.488 e. The predicted molar refractivity (Wildman–Crippen MR) is 170 cm³/mol. The van der Waals surface area contributed by atoms with Gasteiger partial charge in [-0.05, 0) is 71.3 Å². The van der Waals surface area contributed by atoms with E-state index in [9.17, 15) is 9.59 Å². The molecule has 0 atom stereocenters. The highest BCUT2D eigenvalue weighted by atomic mass is 16.5. The number of carbonyl (C=O) groups is 2. The van der Waals surface area contributed by atoms with Crippen LogP contribution in [0.5, 0.6) is 5.75 Å². The second-order valence-electron chi connectivity index (χ2n) is 10.4. The summed E-state index contributed by atoms with van der Waals surface area (Å²) < 4.78 is 11.9. The monoisotopic (exact) mass is 569 g/mol. The van der Waals surface area contributed by atoms with Gasteiger partial charge in [-0.25, -0.2) is 4.79 Å². The normalized spacial score (nSPS) is 10.8. The zero-order valence-corrected chi connectivity index (χ0v) is 24.8. The SMILES string of the molecule is CCc1cccc(CC)c1-c1cc(-c2ccc(C(=O)OCc3ccccc3)c(OCc3ccccc3)c2)c(C=O)c(C)n1. The summed E-state index contributed by atoms with van der Waals surface area (Å²) in [6.45, 7) is 6.56. The highest BCUT2D eigenvalue weighted by Gasteiger charge is 2.20. The molecular weight excluding hydrogens is 534 g/mol. The molecule has 5 aromatic rings. The Hall–Kier alpha value is -5.03. The Balaban J connectivity index is 1.58. The number of hydrogen-bond donors (Lipinski definition) is 0. The number of aldehydes is 1. The zero-order valence-electron chi connectivity index (χ0n) is 24.8. The van der Waals surface area contributed by atoms with Crippen LogP contribution in [0.2, 0.25) is 0 Å². The van der Waals surface area contributed by atoms with E-state index in [4.69, 9.17) is 14.5 Å². The molecule has 0 spiro atoms. The third-order valence-electron chi connectivity index (χ3n) is 7.58. The van der Waals surface area contributed by atoms with E-state index >= 15 is 0 Å². The minimum Gasteiger partial charge on any atom is -0.488 e. The van der Waals surface area contributed by atoms with Crippen molar-refractivity contribution in [2.24, 2.45) is 0 Å². The van der Waals surface area contributed by atoms with Gasteiger partial charge in [0.15, 0.2) is 6.29 Å². The molecule has 5 nitrogen and oxygen atoms in total. The number of aryl methyl sites for hydroxylation is 3. The fourth-order valence-electron chi connectivity index (χ4n) is 5.28. The van der Waals surface area contributed by atoms with Crippen LogP contribution in [0.1, 0.15) is 62.5 Å². The fourth-order valence-corrected chi connectivity index (χ4v) is 5.28. The van der Waals surface area contributed by atoms with Crippen LogP contribution in [-0.4, -0.2) is 17.2 Å². The van der Waals surface area contributed by atoms with Gasteiger partial charge in [-0.1, -0.05) is 98.8 Å². The summed E-state index contributed by atoms with van der Waals surface area (Å²) in [6.07, 6.45) is 2.58. The fraction of sp³-hybridized carbons (Fsp3) is 0.184. The first kappa shape index (κ1) is 29.5. The van der Waals surface area contributed by atoms with E-state index in [1.165, 1.54) is 11.1 Å². The Morgan fingerprint density at radius 3 is 2.00 bits per heavy atom. The molecule has 1 aromatic heterocycles. The second kappa shape index (κ2) is 13.8. The summed E-state index contributed by atoms with van der Waals surface area (Å²) in [5, 5.41) is 0. The quantitative estimate of drug-likeness (QED) is 0.118. The van der Waals surface area contributed by atoms with Crippen LogP contribution in [0, 0.1) is 6.92 Å². The van der Waals surface area contributed by atoms with Crippen molar-refractivity contribution in [1.82, 2.24) is 4.98 Å². The third kappa shape index (κ3) is 6.73. The molecule has 5 heteroatoms. The molecule has 1 heterocycles. The summed E-state index contributed by atoms with van der Waals surface area (Å²) in [5.74, 6) is -0.0966. The van der Waals surface area contributed by atoms with Crippen molar-refractivity contribution < 1.29 is 19.1 Å². The molecule has 43 heavy (non-hydrogen) atoms. The maximum absolute atomic E-state index is 13.3. The molecule has 0 saturated heterocycles. The maximum atomic E-state index is 13.3. The van der Waals surface area contributed by atoms with Crippen LogP contribution in [0.4, 0.5) is 0 Å². The number of aromatic nitrogens is 1. The molecule has 216 valence electrons. The minimum absolute atomic E-state index is 0.151. The lowest BCUT2D eigenvalue weighted by Gasteiger charge is -2.18.